The minimum absolute atomic E-state index is 0.133. The lowest BCUT2D eigenvalue weighted by molar-refractivity contribution is 0.0988. The van der Waals surface area contributed by atoms with Gasteiger partial charge in [-0.05, 0) is 43.4 Å². The number of hydrogen-bond donors (Lipinski definition) is 1. The largest absolute Gasteiger partial charge is 0.388 e. The number of benzene rings is 1. The van der Waals surface area contributed by atoms with Crippen LogP contribution in [0.25, 0.3) is 0 Å². The predicted molar refractivity (Wildman–Crippen MR) is 65.5 cm³/mol. The molecule has 86 valence electrons. The summed E-state index contributed by atoms with van der Waals surface area (Å²) in [5.41, 5.74) is 0.398. The van der Waals surface area contributed by atoms with Crippen molar-refractivity contribution in [3.05, 3.63) is 46.2 Å². The number of hydrogen-bond acceptors (Lipinski definition) is 1. The van der Waals surface area contributed by atoms with Gasteiger partial charge in [0.15, 0.2) is 0 Å². The van der Waals surface area contributed by atoms with Gasteiger partial charge in [0.25, 0.3) is 0 Å². The Balaban J connectivity index is 2.22. The van der Waals surface area contributed by atoms with Crippen LogP contribution in [0.2, 0.25) is 0 Å². The molecule has 0 radical (unpaired) electrons. The van der Waals surface area contributed by atoms with Gasteiger partial charge in [0.1, 0.15) is 5.82 Å². The average molecular weight is 285 g/mol. The van der Waals surface area contributed by atoms with Crippen molar-refractivity contribution >= 4 is 15.9 Å². The lowest BCUT2D eigenvalue weighted by Crippen LogP contribution is -2.15. The molecule has 0 saturated carbocycles. The molecule has 16 heavy (non-hydrogen) atoms. The molecule has 0 saturated heterocycles. The minimum Gasteiger partial charge on any atom is -0.388 e. The third-order valence-corrected chi connectivity index (χ3v) is 3.53. The zero-order valence-electron chi connectivity index (χ0n) is 8.87. The van der Waals surface area contributed by atoms with Crippen LogP contribution in [-0.4, -0.2) is 5.11 Å². The van der Waals surface area contributed by atoms with Crippen molar-refractivity contribution in [2.75, 3.05) is 0 Å². The third kappa shape index (κ3) is 2.53. The first-order valence-corrected chi connectivity index (χ1v) is 6.26. The van der Waals surface area contributed by atoms with E-state index in [9.17, 15) is 9.50 Å². The van der Waals surface area contributed by atoms with E-state index in [1.54, 1.807) is 12.1 Å². The molecule has 1 nitrogen and oxygen atoms in total. The van der Waals surface area contributed by atoms with E-state index in [1.807, 2.05) is 0 Å². The van der Waals surface area contributed by atoms with Crippen molar-refractivity contribution < 1.29 is 9.50 Å². The highest BCUT2D eigenvalue weighted by Crippen LogP contribution is 2.33. The maximum Gasteiger partial charge on any atom is 0.129 e. The molecular formula is C13H14BrFO. The molecule has 0 spiro atoms. The second-order valence-corrected chi connectivity index (χ2v) is 5.07. The summed E-state index contributed by atoms with van der Waals surface area (Å²) in [6.45, 7) is 0. The van der Waals surface area contributed by atoms with E-state index >= 15 is 0 Å². The number of allylic oxidation sites excluding steroid dienone is 2. The van der Waals surface area contributed by atoms with Crippen LogP contribution >= 0.6 is 15.9 Å². The zero-order chi connectivity index (χ0) is 11.5. The van der Waals surface area contributed by atoms with Crippen LogP contribution in [0.1, 0.15) is 30.9 Å². The van der Waals surface area contributed by atoms with Crippen LogP contribution in [0.3, 0.4) is 0 Å². The van der Waals surface area contributed by atoms with E-state index in [0.29, 0.717) is 5.56 Å². The summed E-state index contributed by atoms with van der Waals surface area (Å²) >= 11 is 3.30. The van der Waals surface area contributed by atoms with E-state index in [1.165, 1.54) is 6.07 Å². The van der Waals surface area contributed by atoms with E-state index in [-0.39, 0.29) is 11.7 Å². The highest BCUT2D eigenvalue weighted by molar-refractivity contribution is 9.10. The molecule has 1 aromatic rings. The molecule has 1 N–H and O–H groups in total. The van der Waals surface area contributed by atoms with E-state index in [4.69, 9.17) is 0 Å². The molecule has 0 aliphatic heterocycles. The van der Waals surface area contributed by atoms with Crippen molar-refractivity contribution in [3.63, 3.8) is 0 Å². The molecule has 1 aliphatic carbocycles. The number of aliphatic hydroxyl groups is 1. The number of rotatable bonds is 2. The lowest BCUT2D eigenvalue weighted by atomic mass is 9.86. The molecule has 0 fully saturated rings. The van der Waals surface area contributed by atoms with Crippen LogP contribution in [0.4, 0.5) is 4.39 Å². The molecule has 0 aromatic heterocycles. The van der Waals surface area contributed by atoms with Gasteiger partial charge in [-0.25, -0.2) is 4.39 Å². The maximum atomic E-state index is 13.6. The summed E-state index contributed by atoms with van der Waals surface area (Å²) in [5, 5.41) is 10.2. The Labute approximate surface area is 103 Å². The van der Waals surface area contributed by atoms with Crippen molar-refractivity contribution in [2.24, 2.45) is 5.92 Å². The Bertz CT molecular complexity index is 403. The molecular weight excluding hydrogens is 271 g/mol. The molecule has 0 amide bonds. The molecule has 3 heteroatoms. The van der Waals surface area contributed by atoms with Crippen molar-refractivity contribution in [1.82, 2.24) is 0 Å². The molecule has 2 rings (SSSR count). The van der Waals surface area contributed by atoms with Gasteiger partial charge in [-0.3, -0.25) is 0 Å². The summed E-state index contributed by atoms with van der Waals surface area (Å²) < 4.78 is 14.4. The van der Waals surface area contributed by atoms with Crippen LogP contribution in [0.5, 0.6) is 0 Å². The number of halogens is 2. The second-order valence-electron chi connectivity index (χ2n) is 4.16. The van der Waals surface area contributed by atoms with E-state index in [0.717, 1.165) is 23.7 Å². The number of aliphatic hydroxyl groups excluding tert-OH is 1. The quantitative estimate of drug-likeness (QED) is 0.815. The van der Waals surface area contributed by atoms with E-state index < -0.39 is 6.10 Å². The van der Waals surface area contributed by atoms with Crippen molar-refractivity contribution in [2.45, 2.75) is 25.4 Å². The van der Waals surface area contributed by atoms with Gasteiger partial charge >= 0.3 is 0 Å². The Kier molecular flexibility index (Phi) is 3.77. The summed E-state index contributed by atoms with van der Waals surface area (Å²) in [7, 11) is 0. The van der Waals surface area contributed by atoms with Crippen molar-refractivity contribution in [1.29, 1.82) is 0 Å². The lowest BCUT2D eigenvalue weighted by Gasteiger charge is -2.24. The summed E-state index contributed by atoms with van der Waals surface area (Å²) in [4.78, 5) is 0. The molecule has 0 bridgehead atoms. The predicted octanol–water partition coefficient (Wildman–Crippen LogP) is 3.98. The Morgan fingerprint density at radius 1 is 1.38 bits per heavy atom. The Morgan fingerprint density at radius 2 is 2.19 bits per heavy atom. The Hall–Kier alpha value is -0.670. The van der Waals surface area contributed by atoms with Gasteiger partial charge in [0, 0.05) is 10.0 Å². The molecule has 1 aliphatic rings. The zero-order valence-corrected chi connectivity index (χ0v) is 10.5. The van der Waals surface area contributed by atoms with Gasteiger partial charge in [-0.15, -0.1) is 0 Å². The highest BCUT2D eigenvalue weighted by atomic mass is 79.9. The molecule has 2 atom stereocenters. The second kappa shape index (κ2) is 5.11. The fourth-order valence-electron chi connectivity index (χ4n) is 2.10. The SMILES string of the molecule is OC(c1cc(Br)ccc1F)C1CC=CCC1. The first kappa shape index (κ1) is 11.8. The fraction of sp³-hybridized carbons (Fsp3) is 0.385. The van der Waals surface area contributed by atoms with Gasteiger partial charge < -0.3 is 5.11 Å². The third-order valence-electron chi connectivity index (χ3n) is 3.03. The maximum absolute atomic E-state index is 13.6. The van der Waals surface area contributed by atoms with Crippen LogP contribution in [-0.2, 0) is 0 Å². The van der Waals surface area contributed by atoms with Gasteiger partial charge in [0.2, 0.25) is 0 Å². The molecule has 2 unspecified atom stereocenters. The van der Waals surface area contributed by atoms with Gasteiger partial charge in [-0.2, -0.15) is 0 Å². The Morgan fingerprint density at radius 3 is 2.88 bits per heavy atom. The molecule has 0 heterocycles. The first-order chi connectivity index (χ1) is 7.68. The van der Waals surface area contributed by atoms with Gasteiger partial charge in [0.05, 0.1) is 6.10 Å². The standard InChI is InChI=1S/C13H14BrFO/c14-10-6-7-12(15)11(8-10)13(16)9-4-2-1-3-5-9/h1-2,6-9,13,16H,3-5H2. The monoisotopic (exact) mass is 284 g/mol. The van der Waals surface area contributed by atoms with Gasteiger partial charge in [-0.1, -0.05) is 28.1 Å². The average Bonchev–Trinajstić information content (AvgIpc) is 2.32. The molecule has 1 aromatic carbocycles. The summed E-state index contributed by atoms with van der Waals surface area (Å²) in [6, 6.07) is 4.70. The first-order valence-electron chi connectivity index (χ1n) is 5.46. The fourth-order valence-corrected chi connectivity index (χ4v) is 2.48. The minimum atomic E-state index is -0.706. The van der Waals surface area contributed by atoms with Crippen LogP contribution in [0.15, 0.2) is 34.8 Å². The van der Waals surface area contributed by atoms with Crippen LogP contribution < -0.4 is 0 Å². The van der Waals surface area contributed by atoms with E-state index in [2.05, 4.69) is 28.1 Å². The normalized spacial score (nSPS) is 22.1. The van der Waals surface area contributed by atoms with Crippen molar-refractivity contribution in [3.8, 4) is 0 Å². The summed E-state index contributed by atoms with van der Waals surface area (Å²) in [5.74, 6) is -0.195. The smallest absolute Gasteiger partial charge is 0.129 e. The highest BCUT2D eigenvalue weighted by Gasteiger charge is 2.23. The topological polar surface area (TPSA) is 20.2 Å². The van der Waals surface area contributed by atoms with Crippen LogP contribution in [0, 0.1) is 11.7 Å². The summed E-state index contributed by atoms with van der Waals surface area (Å²) in [6.07, 6.45) is 6.18.